The minimum atomic E-state index is -0.562. The highest BCUT2D eigenvalue weighted by Crippen LogP contribution is 2.32. The van der Waals surface area contributed by atoms with E-state index in [-0.39, 0.29) is 17.5 Å². The topological polar surface area (TPSA) is 111 Å². The van der Waals surface area contributed by atoms with E-state index in [1.165, 1.54) is 18.2 Å². The van der Waals surface area contributed by atoms with Crippen LogP contribution in [0.1, 0.15) is 12.5 Å². The molecule has 0 fully saturated rings. The molecule has 0 bridgehead atoms. The predicted octanol–water partition coefficient (Wildman–Crippen LogP) is 2.97. The lowest BCUT2D eigenvalue weighted by molar-refractivity contribution is -0.384. The van der Waals surface area contributed by atoms with Crippen LogP contribution < -0.4 is 15.4 Å². The third kappa shape index (κ3) is 3.86. The lowest BCUT2D eigenvalue weighted by atomic mass is 10.2. The van der Waals surface area contributed by atoms with E-state index >= 15 is 0 Å². The van der Waals surface area contributed by atoms with E-state index in [0.29, 0.717) is 22.7 Å². The highest BCUT2D eigenvalue weighted by atomic mass is 16.6. The summed E-state index contributed by atoms with van der Waals surface area (Å²) in [5.41, 5.74) is 1.64. The van der Waals surface area contributed by atoms with Crippen molar-refractivity contribution in [3.05, 3.63) is 64.2 Å². The number of anilines is 2. The number of non-ortho nitro benzene ring substituents is 1. The van der Waals surface area contributed by atoms with Crippen LogP contribution in [0.5, 0.6) is 5.75 Å². The molecule has 3 rings (SSSR count). The number of carbonyl (C=O) groups excluding carboxylic acids is 2. The molecule has 0 spiro atoms. The number of hydrogen-bond acceptors (Lipinski definition) is 5. The molecule has 1 aliphatic rings. The normalized spacial score (nSPS) is 15.7. The number of nitrogens with one attached hydrogen (secondary N) is 2. The summed E-state index contributed by atoms with van der Waals surface area (Å²) in [7, 11) is 0. The van der Waals surface area contributed by atoms with Crippen LogP contribution >= 0.6 is 0 Å². The summed E-state index contributed by atoms with van der Waals surface area (Å²) in [5, 5.41) is 16.0. The van der Waals surface area contributed by atoms with Crippen LogP contribution in [0, 0.1) is 10.1 Å². The Labute approximate surface area is 148 Å². The first kappa shape index (κ1) is 17.2. The average Bonchev–Trinajstić information content (AvgIpc) is 2.61. The number of hydrogen-bond donors (Lipinski definition) is 2. The van der Waals surface area contributed by atoms with Crippen molar-refractivity contribution < 1.29 is 19.2 Å². The third-order valence-electron chi connectivity index (χ3n) is 3.71. The van der Waals surface area contributed by atoms with E-state index in [2.05, 4.69) is 10.6 Å². The van der Waals surface area contributed by atoms with Gasteiger partial charge in [-0.15, -0.1) is 0 Å². The number of rotatable bonds is 4. The van der Waals surface area contributed by atoms with Gasteiger partial charge in [0, 0.05) is 23.9 Å². The highest BCUT2D eigenvalue weighted by molar-refractivity contribution is 6.03. The molecule has 2 aromatic rings. The van der Waals surface area contributed by atoms with Gasteiger partial charge in [-0.25, -0.2) is 0 Å². The molecule has 0 saturated heterocycles. The van der Waals surface area contributed by atoms with Crippen LogP contribution in [0.2, 0.25) is 0 Å². The van der Waals surface area contributed by atoms with Crippen LogP contribution in [0.3, 0.4) is 0 Å². The maximum Gasteiger partial charge on any atom is 0.269 e. The lowest BCUT2D eigenvalue weighted by Gasteiger charge is -2.23. The molecule has 8 heteroatoms. The van der Waals surface area contributed by atoms with E-state index in [0.717, 1.165) is 0 Å². The lowest BCUT2D eigenvalue weighted by Crippen LogP contribution is -2.34. The van der Waals surface area contributed by atoms with Crippen molar-refractivity contribution in [3.8, 4) is 5.75 Å². The van der Waals surface area contributed by atoms with Crippen LogP contribution in [-0.2, 0) is 9.59 Å². The van der Waals surface area contributed by atoms with Gasteiger partial charge in [-0.1, -0.05) is 0 Å². The van der Waals surface area contributed by atoms with Gasteiger partial charge in [-0.2, -0.15) is 0 Å². The SMILES string of the molecule is CC1Oc2ccc(NC(=O)/C=C/c3ccc([N+](=O)[O-])cc3)cc2NC1=O. The van der Waals surface area contributed by atoms with Gasteiger partial charge in [-0.3, -0.25) is 19.7 Å². The molecule has 132 valence electrons. The smallest absolute Gasteiger partial charge is 0.269 e. The maximum atomic E-state index is 12.0. The molecule has 2 amide bonds. The van der Waals surface area contributed by atoms with Gasteiger partial charge in [0.1, 0.15) is 5.75 Å². The summed E-state index contributed by atoms with van der Waals surface area (Å²) in [6, 6.07) is 10.8. The Bertz CT molecular complexity index is 906. The Morgan fingerprint density at radius 2 is 2.00 bits per heavy atom. The molecule has 2 N–H and O–H groups in total. The van der Waals surface area contributed by atoms with Crippen molar-refractivity contribution in [1.82, 2.24) is 0 Å². The van der Waals surface area contributed by atoms with Gasteiger partial charge in [0.15, 0.2) is 6.10 Å². The first-order valence-corrected chi connectivity index (χ1v) is 7.77. The zero-order valence-electron chi connectivity index (χ0n) is 13.8. The molecule has 1 unspecified atom stereocenters. The van der Waals surface area contributed by atoms with Gasteiger partial charge >= 0.3 is 0 Å². The summed E-state index contributed by atoms with van der Waals surface area (Å²) in [6.45, 7) is 1.65. The van der Waals surface area contributed by atoms with Gasteiger partial charge in [-0.05, 0) is 48.9 Å². The average molecular weight is 353 g/mol. The minimum absolute atomic E-state index is 0.0146. The fourth-order valence-electron chi connectivity index (χ4n) is 2.35. The van der Waals surface area contributed by atoms with E-state index in [1.54, 1.807) is 43.3 Å². The second-order valence-corrected chi connectivity index (χ2v) is 5.63. The number of nitro groups is 1. The van der Waals surface area contributed by atoms with Crippen molar-refractivity contribution in [2.75, 3.05) is 10.6 Å². The Hall–Kier alpha value is -3.68. The molecule has 0 aromatic heterocycles. The Morgan fingerprint density at radius 1 is 1.27 bits per heavy atom. The molecule has 8 nitrogen and oxygen atoms in total. The van der Waals surface area contributed by atoms with Crippen LogP contribution in [0.4, 0.5) is 17.1 Å². The van der Waals surface area contributed by atoms with Gasteiger partial charge < -0.3 is 15.4 Å². The fraction of sp³-hybridized carbons (Fsp3) is 0.111. The zero-order valence-corrected chi connectivity index (χ0v) is 13.8. The fourth-order valence-corrected chi connectivity index (χ4v) is 2.35. The van der Waals surface area contributed by atoms with Gasteiger partial charge in [0.05, 0.1) is 10.6 Å². The molecule has 26 heavy (non-hydrogen) atoms. The van der Waals surface area contributed by atoms with Crippen molar-refractivity contribution in [1.29, 1.82) is 0 Å². The number of carbonyl (C=O) groups is 2. The summed E-state index contributed by atoms with van der Waals surface area (Å²) in [5.74, 6) is -0.0877. The van der Waals surface area contributed by atoms with Crippen LogP contribution in [0.15, 0.2) is 48.5 Å². The Morgan fingerprint density at radius 3 is 2.69 bits per heavy atom. The molecule has 0 aliphatic carbocycles. The first-order valence-electron chi connectivity index (χ1n) is 7.77. The molecule has 1 heterocycles. The van der Waals surface area contributed by atoms with Crippen molar-refractivity contribution in [2.24, 2.45) is 0 Å². The molecule has 0 saturated carbocycles. The number of benzene rings is 2. The molecule has 1 atom stereocenters. The van der Waals surface area contributed by atoms with Gasteiger partial charge in [0.2, 0.25) is 5.91 Å². The molecule has 0 radical (unpaired) electrons. The Kier molecular flexibility index (Phi) is 4.66. The second-order valence-electron chi connectivity index (χ2n) is 5.63. The quantitative estimate of drug-likeness (QED) is 0.499. The monoisotopic (exact) mass is 353 g/mol. The summed E-state index contributed by atoms with van der Waals surface area (Å²) in [4.78, 5) is 33.8. The van der Waals surface area contributed by atoms with Crippen LogP contribution in [0.25, 0.3) is 6.08 Å². The van der Waals surface area contributed by atoms with Crippen molar-refractivity contribution in [2.45, 2.75) is 13.0 Å². The standard InChI is InChI=1S/C18H15N3O5/c1-11-18(23)20-15-10-13(5-8-16(15)26-11)19-17(22)9-4-12-2-6-14(7-3-12)21(24)25/h2-11H,1H3,(H,19,22)(H,20,23)/b9-4+. The van der Waals surface area contributed by atoms with E-state index in [1.807, 2.05) is 0 Å². The van der Waals surface area contributed by atoms with E-state index < -0.39 is 11.0 Å². The minimum Gasteiger partial charge on any atom is -0.479 e. The molecule has 1 aliphatic heterocycles. The Balaban J connectivity index is 1.65. The maximum absolute atomic E-state index is 12.0. The largest absolute Gasteiger partial charge is 0.479 e. The van der Waals surface area contributed by atoms with Crippen molar-refractivity contribution in [3.63, 3.8) is 0 Å². The third-order valence-corrected chi connectivity index (χ3v) is 3.71. The van der Waals surface area contributed by atoms with E-state index in [9.17, 15) is 19.7 Å². The zero-order chi connectivity index (χ0) is 18.7. The number of nitro benzene ring substituents is 1. The molecule has 2 aromatic carbocycles. The number of ether oxygens (including phenoxy) is 1. The summed E-state index contributed by atoms with van der Waals surface area (Å²) in [6.07, 6.45) is 2.30. The summed E-state index contributed by atoms with van der Waals surface area (Å²) >= 11 is 0. The van der Waals surface area contributed by atoms with Crippen molar-refractivity contribution >= 4 is 35.0 Å². The number of fused-ring (bicyclic) bond motifs is 1. The summed E-state index contributed by atoms with van der Waals surface area (Å²) < 4.78 is 5.45. The van der Waals surface area contributed by atoms with E-state index in [4.69, 9.17) is 4.74 Å². The predicted molar refractivity (Wildman–Crippen MR) is 95.9 cm³/mol. The molecular weight excluding hydrogens is 338 g/mol. The first-order chi connectivity index (χ1) is 12.4. The number of amides is 2. The second kappa shape index (κ2) is 7.06. The highest BCUT2D eigenvalue weighted by Gasteiger charge is 2.23. The number of nitrogens with zero attached hydrogens (tertiary/aromatic N) is 1. The van der Waals surface area contributed by atoms with Gasteiger partial charge in [0.25, 0.3) is 11.6 Å². The molecular formula is C18H15N3O5. The van der Waals surface area contributed by atoms with Crippen LogP contribution in [-0.4, -0.2) is 22.8 Å².